The molecule has 0 radical (unpaired) electrons. The SMILES string of the molecule is CCCC(N)C(=O)NCc1cccc(OCCCOC)c1. The first-order chi connectivity index (χ1) is 10.2. The monoisotopic (exact) mass is 294 g/mol. The smallest absolute Gasteiger partial charge is 0.237 e. The summed E-state index contributed by atoms with van der Waals surface area (Å²) in [6.45, 7) is 3.78. The fraction of sp³-hybridized carbons (Fsp3) is 0.562. The summed E-state index contributed by atoms with van der Waals surface area (Å²) in [4.78, 5) is 11.8. The normalized spacial score (nSPS) is 12.0. The number of amides is 1. The van der Waals surface area contributed by atoms with Gasteiger partial charge in [-0.15, -0.1) is 0 Å². The van der Waals surface area contributed by atoms with Gasteiger partial charge in [-0.2, -0.15) is 0 Å². The number of carbonyl (C=O) groups is 1. The molecule has 1 amide bonds. The lowest BCUT2D eigenvalue weighted by atomic mass is 10.1. The number of hydrogen-bond acceptors (Lipinski definition) is 4. The number of nitrogens with two attached hydrogens (primary N) is 1. The van der Waals surface area contributed by atoms with E-state index in [0.29, 0.717) is 26.2 Å². The second kappa shape index (κ2) is 10.2. The molecule has 1 rings (SSSR count). The molecule has 5 nitrogen and oxygen atoms in total. The summed E-state index contributed by atoms with van der Waals surface area (Å²) >= 11 is 0. The van der Waals surface area contributed by atoms with E-state index in [2.05, 4.69) is 5.32 Å². The van der Waals surface area contributed by atoms with Crippen molar-refractivity contribution in [2.75, 3.05) is 20.3 Å². The first-order valence-corrected chi connectivity index (χ1v) is 7.41. The zero-order valence-electron chi connectivity index (χ0n) is 12.9. The van der Waals surface area contributed by atoms with Gasteiger partial charge in [-0.3, -0.25) is 4.79 Å². The molecule has 1 unspecified atom stereocenters. The van der Waals surface area contributed by atoms with Crippen LogP contribution in [-0.4, -0.2) is 32.3 Å². The number of rotatable bonds is 10. The predicted octanol–water partition coefficient (Wildman–Crippen LogP) is 1.85. The third-order valence-corrected chi connectivity index (χ3v) is 3.06. The molecule has 0 aliphatic rings. The van der Waals surface area contributed by atoms with Crippen LogP contribution in [0.25, 0.3) is 0 Å². The fourth-order valence-electron chi connectivity index (χ4n) is 1.90. The van der Waals surface area contributed by atoms with E-state index < -0.39 is 6.04 Å². The number of nitrogens with one attached hydrogen (secondary N) is 1. The molecule has 1 aromatic rings. The molecular formula is C16H26N2O3. The van der Waals surface area contributed by atoms with Gasteiger partial charge in [0.1, 0.15) is 5.75 Å². The van der Waals surface area contributed by atoms with Gasteiger partial charge in [0, 0.05) is 26.7 Å². The lowest BCUT2D eigenvalue weighted by molar-refractivity contribution is -0.122. The maximum Gasteiger partial charge on any atom is 0.237 e. The van der Waals surface area contributed by atoms with Gasteiger partial charge in [0.2, 0.25) is 5.91 Å². The van der Waals surface area contributed by atoms with Crippen LogP contribution in [0.2, 0.25) is 0 Å². The molecule has 0 aromatic heterocycles. The van der Waals surface area contributed by atoms with Crippen molar-refractivity contribution in [3.05, 3.63) is 29.8 Å². The molecule has 5 heteroatoms. The summed E-state index contributed by atoms with van der Waals surface area (Å²) < 4.78 is 10.6. The Hall–Kier alpha value is -1.59. The van der Waals surface area contributed by atoms with Crippen LogP contribution < -0.4 is 15.8 Å². The fourth-order valence-corrected chi connectivity index (χ4v) is 1.90. The molecule has 1 atom stereocenters. The van der Waals surface area contributed by atoms with E-state index >= 15 is 0 Å². The maximum atomic E-state index is 11.8. The second-order valence-corrected chi connectivity index (χ2v) is 4.96. The first kappa shape index (κ1) is 17.5. The Labute approximate surface area is 126 Å². The Morgan fingerprint density at radius 3 is 2.90 bits per heavy atom. The number of carbonyl (C=O) groups excluding carboxylic acids is 1. The molecule has 21 heavy (non-hydrogen) atoms. The molecule has 0 heterocycles. The topological polar surface area (TPSA) is 73.6 Å². The van der Waals surface area contributed by atoms with Crippen molar-refractivity contribution in [2.24, 2.45) is 5.73 Å². The van der Waals surface area contributed by atoms with Gasteiger partial charge < -0.3 is 20.5 Å². The van der Waals surface area contributed by atoms with Gasteiger partial charge in [0.05, 0.1) is 12.6 Å². The molecule has 0 saturated heterocycles. The van der Waals surface area contributed by atoms with E-state index in [1.807, 2.05) is 31.2 Å². The van der Waals surface area contributed by atoms with Crippen molar-refractivity contribution < 1.29 is 14.3 Å². The molecule has 0 fully saturated rings. The Bertz CT molecular complexity index is 424. The van der Waals surface area contributed by atoms with Crippen molar-refractivity contribution in [3.63, 3.8) is 0 Å². The third kappa shape index (κ3) is 7.11. The Balaban J connectivity index is 2.40. The zero-order chi connectivity index (χ0) is 15.5. The minimum atomic E-state index is -0.427. The quantitative estimate of drug-likeness (QED) is 0.646. The highest BCUT2D eigenvalue weighted by Gasteiger charge is 2.11. The predicted molar refractivity (Wildman–Crippen MR) is 83.2 cm³/mol. The molecule has 118 valence electrons. The highest BCUT2D eigenvalue weighted by Crippen LogP contribution is 2.13. The lowest BCUT2D eigenvalue weighted by Crippen LogP contribution is -2.40. The zero-order valence-corrected chi connectivity index (χ0v) is 12.9. The lowest BCUT2D eigenvalue weighted by Gasteiger charge is -2.12. The van der Waals surface area contributed by atoms with Crippen molar-refractivity contribution in [2.45, 2.75) is 38.8 Å². The summed E-state index contributed by atoms with van der Waals surface area (Å²) in [5, 5.41) is 2.85. The average molecular weight is 294 g/mol. The molecule has 0 saturated carbocycles. The second-order valence-electron chi connectivity index (χ2n) is 4.96. The van der Waals surface area contributed by atoms with Crippen LogP contribution in [0.3, 0.4) is 0 Å². The molecular weight excluding hydrogens is 268 g/mol. The summed E-state index contributed by atoms with van der Waals surface area (Å²) in [6.07, 6.45) is 2.46. The number of hydrogen-bond donors (Lipinski definition) is 2. The van der Waals surface area contributed by atoms with Gasteiger partial charge in [0.25, 0.3) is 0 Å². The number of methoxy groups -OCH3 is 1. The highest BCUT2D eigenvalue weighted by molar-refractivity contribution is 5.81. The van der Waals surface area contributed by atoms with Gasteiger partial charge in [0.15, 0.2) is 0 Å². The van der Waals surface area contributed by atoms with Crippen LogP contribution in [0.4, 0.5) is 0 Å². The largest absolute Gasteiger partial charge is 0.493 e. The van der Waals surface area contributed by atoms with Crippen molar-refractivity contribution in [1.29, 1.82) is 0 Å². The van der Waals surface area contributed by atoms with Gasteiger partial charge in [-0.25, -0.2) is 0 Å². The Morgan fingerprint density at radius 2 is 2.19 bits per heavy atom. The molecule has 0 aliphatic carbocycles. The Morgan fingerprint density at radius 1 is 1.38 bits per heavy atom. The van der Waals surface area contributed by atoms with E-state index in [9.17, 15) is 4.79 Å². The molecule has 0 aliphatic heterocycles. The van der Waals surface area contributed by atoms with Crippen molar-refractivity contribution in [1.82, 2.24) is 5.32 Å². The van der Waals surface area contributed by atoms with Crippen molar-refractivity contribution in [3.8, 4) is 5.75 Å². The Kier molecular flexibility index (Phi) is 8.47. The minimum Gasteiger partial charge on any atom is -0.493 e. The van der Waals surface area contributed by atoms with Crippen molar-refractivity contribution >= 4 is 5.91 Å². The van der Waals surface area contributed by atoms with Crippen LogP contribution in [0.1, 0.15) is 31.7 Å². The van der Waals surface area contributed by atoms with Crippen LogP contribution >= 0.6 is 0 Å². The third-order valence-electron chi connectivity index (χ3n) is 3.06. The molecule has 0 spiro atoms. The van der Waals surface area contributed by atoms with E-state index in [4.69, 9.17) is 15.2 Å². The molecule has 0 bridgehead atoms. The first-order valence-electron chi connectivity index (χ1n) is 7.41. The maximum absolute atomic E-state index is 11.8. The van der Waals surface area contributed by atoms with Gasteiger partial charge in [-0.05, 0) is 24.1 Å². The van der Waals surface area contributed by atoms with E-state index in [1.165, 1.54) is 0 Å². The number of benzene rings is 1. The minimum absolute atomic E-state index is 0.108. The van der Waals surface area contributed by atoms with Gasteiger partial charge in [-0.1, -0.05) is 25.5 Å². The standard InChI is InChI=1S/C16H26N2O3/c1-3-6-15(17)16(19)18-12-13-7-4-8-14(11-13)21-10-5-9-20-2/h4,7-8,11,15H,3,5-6,9-10,12,17H2,1-2H3,(H,18,19). The van der Waals surface area contributed by atoms with Crippen LogP contribution in [0.15, 0.2) is 24.3 Å². The average Bonchev–Trinajstić information content (AvgIpc) is 2.50. The van der Waals surface area contributed by atoms with Crippen LogP contribution in [0.5, 0.6) is 5.75 Å². The summed E-state index contributed by atoms with van der Waals surface area (Å²) in [5.74, 6) is 0.693. The van der Waals surface area contributed by atoms with E-state index in [-0.39, 0.29) is 5.91 Å². The summed E-state index contributed by atoms with van der Waals surface area (Å²) in [7, 11) is 1.67. The van der Waals surface area contributed by atoms with Crippen LogP contribution in [0, 0.1) is 0 Å². The van der Waals surface area contributed by atoms with Crippen LogP contribution in [-0.2, 0) is 16.1 Å². The molecule has 3 N–H and O–H groups in total. The highest BCUT2D eigenvalue weighted by atomic mass is 16.5. The number of ether oxygens (including phenoxy) is 2. The summed E-state index contributed by atoms with van der Waals surface area (Å²) in [6, 6.07) is 7.27. The molecule has 1 aromatic carbocycles. The summed E-state index contributed by atoms with van der Waals surface area (Å²) in [5.41, 5.74) is 6.76. The van der Waals surface area contributed by atoms with E-state index in [1.54, 1.807) is 7.11 Å². The van der Waals surface area contributed by atoms with Gasteiger partial charge >= 0.3 is 0 Å². The van der Waals surface area contributed by atoms with E-state index in [0.717, 1.165) is 24.2 Å².